The largest absolute Gasteiger partial charge is 0.619 e. The zero-order chi connectivity index (χ0) is 12.7. The third kappa shape index (κ3) is 4.53. The van der Waals surface area contributed by atoms with E-state index in [9.17, 15) is 5.21 Å². The van der Waals surface area contributed by atoms with E-state index >= 15 is 0 Å². The summed E-state index contributed by atoms with van der Waals surface area (Å²) >= 11 is 1.71. The van der Waals surface area contributed by atoms with Crippen LogP contribution in [0.4, 0.5) is 0 Å². The van der Waals surface area contributed by atoms with Gasteiger partial charge in [-0.3, -0.25) is 0 Å². The molecule has 0 atom stereocenters. The van der Waals surface area contributed by atoms with Crippen LogP contribution in [0.15, 0.2) is 17.2 Å². The van der Waals surface area contributed by atoms with Crippen LogP contribution in [0.2, 0.25) is 0 Å². The van der Waals surface area contributed by atoms with E-state index < -0.39 is 0 Å². The molecule has 1 aromatic heterocycles. The Bertz CT molecular complexity index is 358. The molecule has 1 rings (SSSR count). The van der Waals surface area contributed by atoms with Gasteiger partial charge in [0, 0.05) is 36.3 Å². The molecule has 0 N–H and O–H groups in total. The Morgan fingerprint density at radius 1 is 1.29 bits per heavy atom. The van der Waals surface area contributed by atoms with Crippen molar-refractivity contribution in [2.45, 2.75) is 18.7 Å². The summed E-state index contributed by atoms with van der Waals surface area (Å²) in [5, 5.41) is 11.3. The van der Waals surface area contributed by atoms with Crippen molar-refractivity contribution in [1.29, 1.82) is 0 Å². The fourth-order valence-corrected chi connectivity index (χ4v) is 2.27. The Balaban J connectivity index is 2.35. The minimum atomic E-state index is 0.629. The van der Waals surface area contributed by atoms with Crippen LogP contribution in [0.3, 0.4) is 0 Å². The molecule has 0 bridgehead atoms. The van der Waals surface area contributed by atoms with Crippen molar-refractivity contribution in [3.05, 3.63) is 28.7 Å². The average Bonchev–Trinajstić information content (AvgIpc) is 2.33. The van der Waals surface area contributed by atoms with Crippen molar-refractivity contribution in [2.24, 2.45) is 0 Å². The molecule has 17 heavy (non-hydrogen) atoms. The molecule has 0 amide bonds. The molecule has 4 nitrogen and oxygen atoms in total. The monoisotopic (exact) mass is 257 g/mol. The first-order chi connectivity index (χ1) is 8.16. The Hall–Kier alpha value is -0.780. The van der Waals surface area contributed by atoms with Crippen molar-refractivity contribution >= 4 is 11.8 Å². The predicted molar refractivity (Wildman–Crippen MR) is 68.3 cm³/mol. The molecule has 0 aliphatic heterocycles. The highest BCUT2D eigenvalue weighted by Gasteiger charge is 2.08. The number of nitrogens with zero attached hydrogens (tertiary/aromatic N) is 1. The van der Waals surface area contributed by atoms with Crippen molar-refractivity contribution in [3.8, 4) is 0 Å². The summed E-state index contributed by atoms with van der Waals surface area (Å²) in [5.74, 6) is 0.882. The maximum absolute atomic E-state index is 11.3. The first-order valence-electron chi connectivity index (χ1n) is 5.55. The second-order valence-electron chi connectivity index (χ2n) is 3.67. The zero-order valence-corrected chi connectivity index (χ0v) is 11.4. The molecular weight excluding hydrogens is 238 g/mol. The number of hydrogen-bond acceptors (Lipinski definition) is 4. The summed E-state index contributed by atoms with van der Waals surface area (Å²) < 4.78 is 11.2. The molecule has 1 aromatic rings. The Morgan fingerprint density at radius 2 is 2.06 bits per heavy atom. The van der Waals surface area contributed by atoms with Gasteiger partial charge in [-0.2, -0.15) is 4.73 Å². The summed E-state index contributed by atoms with van der Waals surface area (Å²) in [6, 6.07) is 1.86. The molecule has 0 spiro atoms. The summed E-state index contributed by atoms with van der Waals surface area (Å²) in [6.07, 6.45) is 1.55. The van der Waals surface area contributed by atoms with E-state index in [2.05, 4.69) is 0 Å². The normalized spacial score (nSPS) is 10.8. The zero-order valence-electron chi connectivity index (χ0n) is 10.6. The molecule has 0 aromatic carbocycles. The third-order valence-corrected chi connectivity index (χ3v) is 3.65. The summed E-state index contributed by atoms with van der Waals surface area (Å²) in [7, 11) is 1.66. The van der Waals surface area contributed by atoms with E-state index in [4.69, 9.17) is 9.47 Å². The van der Waals surface area contributed by atoms with Crippen molar-refractivity contribution in [1.82, 2.24) is 0 Å². The minimum absolute atomic E-state index is 0.629. The predicted octanol–water partition coefficient (Wildman–Crippen LogP) is 1.69. The van der Waals surface area contributed by atoms with E-state index in [-0.39, 0.29) is 0 Å². The van der Waals surface area contributed by atoms with Gasteiger partial charge in [-0.15, -0.1) is 11.8 Å². The Morgan fingerprint density at radius 3 is 2.76 bits per heavy atom. The minimum Gasteiger partial charge on any atom is -0.619 e. The van der Waals surface area contributed by atoms with Gasteiger partial charge in [0.25, 0.3) is 0 Å². The van der Waals surface area contributed by atoms with E-state index in [0.717, 1.165) is 26.6 Å². The number of pyridine rings is 1. The SMILES string of the molecule is COCCOCCSc1cc[n+]([O-])c(C)c1C. The lowest BCUT2D eigenvalue weighted by Gasteiger charge is -2.08. The van der Waals surface area contributed by atoms with Crippen LogP contribution in [-0.2, 0) is 9.47 Å². The molecule has 0 saturated heterocycles. The Labute approximate surface area is 107 Å². The van der Waals surface area contributed by atoms with Crippen LogP contribution in [0.1, 0.15) is 11.3 Å². The molecule has 0 aliphatic rings. The van der Waals surface area contributed by atoms with Gasteiger partial charge < -0.3 is 14.7 Å². The molecule has 96 valence electrons. The maximum Gasteiger partial charge on any atom is 0.193 e. The topological polar surface area (TPSA) is 45.4 Å². The number of thioether (sulfide) groups is 1. The molecule has 0 saturated carbocycles. The van der Waals surface area contributed by atoms with E-state index in [1.807, 2.05) is 19.9 Å². The summed E-state index contributed by atoms with van der Waals surface area (Å²) in [4.78, 5) is 1.14. The first-order valence-corrected chi connectivity index (χ1v) is 6.54. The van der Waals surface area contributed by atoms with Gasteiger partial charge in [-0.1, -0.05) is 0 Å². The molecular formula is C12H19NO3S. The van der Waals surface area contributed by atoms with Gasteiger partial charge in [0.1, 0.15) is 0 Å². The third-order valence-electron chi connectivity index (χ3n) is 2.52. The second kappa shape index (κ2) is 7.53. The highest BCUT2D eigenvalue weighted by Crippen LogP contribution is 2.22. The molecule has 0 radical (unpaired) electrons. The van der Waals surface area contributed by atoms with Crippen LogP contribution in [0, 0.1) is 19.1 Å². The number of aromatic nitrogens is 1. The van der Waals surface area contributed by atoms with Gasteiger partial charge >= 0.3 is 0 Å². The quantitative estimate of drug-likeness (QED) is 0.323. The lowest BCUT2D eigenvalue weighted by molar-refractivity contribution is -0.613. The highest BCUT2D eigenvalue weighted by atomic mass is 32.2. The average molecular weight is 257 g/mol. The van der Waals surface area contributed by atoms with Crippen LogP contribution >= 0.6 is 11.8 Å². The number of methoxy groups -OCH3 is 1. The molecule has 0 aliphatic carbocycles. The van der Waals surface area contributed by atoms with Crippen LogP contribution in [0.5, 0.6) is 0 Å². The smallest absolute Gasteiger partial charge is 0.193 e. The highest BCUT2D eigenvalue weighted by molar-refractivity contribution is 7.99. The van der Waals surface area contributed by atoms with E-state index in [1.165, 1.54) is 0 Å². The number of hydrogen-bond donors (Lipinski definition) is 0. The van der Waals surface area contributed by atoms with Gasteiger partial charge in [0.15, 0.2) is 11.9 Å². The van der Waals surface area contributed by atoms with Gasteiger partial charge in [-0.05, 0) is 6.92 Å². The second-order valence-corrected chi connectivity index (χ2v) is 4.81. The fourth-order valence-electron chi connectivity index (χ4n) is 1.33. The van der Waals surface area contributed by atoms with Gasteiger partial charge in [0.05, 0.1) is 19.8 Å². The molecule has 1 heterocycles. The van der Waals surface area contributed by atoms with Crippen LogP contribution in [0.25, 0.3) is 0 Å². The maximum atomic E-state index is 11.3. The van der Waals surface area contributed by atoms with Gasteiger partial charge in [-0.25, -0.2) is 0 Å². The van der Waals surface area contributed by atoms with Crippen molar-refractivity contribution in [3.63, 3.8) is 0 Å². The lowest BCUT2D eigenvalue weighted by atomic mass is 10.2. The van der Waals surface area contributed by atoms with E-state index in [1.54, 1.807) is 25.1 Å². The summed E-state index contributed by atoms with van der Waals surface area (Å²) in [6.45, 7) is 5.76. The fraction of sp³-hybridized carbons (Fsp3) is 0.583. The lowest BCUT2D eigenvalue weighted by Crippen LogP contribution is -2.30. The van der Waals surface area contributed by atoms with Crippen molar-refractivity contribution in [2.75, 3.05) is 32.7 Å². The van der Waals surface area contributed by atoms with Gasteiger partial charge in [0.2, 0.25) is 0 Å². The van der Waals surface area contributed by atoms with Crippen LogP contribution < -0.4 is 4.73 Å². The van der Waals surface area contributed by atoms with Crippen LogP contribution in [-0.4, -0.2) is 32.7 Å². The number of rotatable bonds is 7. The first kappa shape index (κ1) is 14.3. The number of ether oxygens (including phenoxy) is 2. The molecule has 5 heteroatoms. The summed E-state index contributed by atoms with van der Waals surface area (Å²) in [5.41, 5.74) is 1.81. The molecule has 0 unspecified atom stereocenters. The Kier molecular flexibility index (Phi) is 6.32. The standard InChI is InChI=1S/C12H19NO3S/c1-10-11(2)13(14)5-4-12(10)17-9-8-16-7-6-15-3/h4-5H,6-9H2,1-3H3. The van der Waals surface area contributed by atoms with Crippen molar-refractivity contribution < 1.29 is 14.2 Å². The van der Waals surface area contributed by atoms with E-state index in [0.29, 0.717) is 19.8 Å². The molecule has 0 fully saturated rings.